The molecule has 0 saturated heterocycles. The maximum atomic E-state index is 11.5. The summed E-state index contributed by atoms with van der Waals surface area (Å²) in [6.07, 6.45) is 0.521. The van der Waals surface area contributed by atoms with Crippen LogP contribution in [0.5, 0.6) is 0 Å². The van der Waals surface area contributed by atoms with E-state index in [9.17, 15) is 4.79 Å². The van der Waals surface area contributed by atoms with Crippen molar-refractivity contribution in [2.45, 2.75) is 38.8 Å². The number of ether oxygens (including phenoxy) is 1. The Bertz CT molecular complexity index is 416. The molecular formula is C14H22N2O2. The SMILES string of the molecule is COC(C)(C)CC(Nc1cccc(C)c1)C(N)=O. The number of methoxy groups -OCH3 is 1. The van der Waals surface area contributed by atoms with Crippen molar-refractivity contribution in [3.63, 3.8) is 0 Å². The van der Waals surface area contributed by atoms with Crippen LogP contribution < -0.4 is 11.1 Å². The first-order valence-corrected chi connectivity index (χ1v) is 6.02. The molecule has 0 spiro atoms. The van der Waals surface area contributed by atoms with Crippen LogP contribution in [0.15, 0.2) is 24.3 Å². The molecule has 1 atom stereocenters. The summed E-state index contributed by atoms with van der Waals surface area (Å²) in [6, 6.07) is 7.40. The summed E-state index contributed by atoms with van der Waals surface area (Å²) in [5.74, 6) is -0.373. The summed E-state index contributed by atoms with van der Waals surface area (Å²) in [5.41, 5.74) is 7.06. The number of nitrogens with one attached hydrogen (secondary N) is 1. The van der Waals surface area contributed by atoms with Gasteiger partial charge in [0.15, 0.2) is 0 Å². The minimum Gasteiger partial charge on any atom is -0.379 e. The monoisotopic (exact) mass is 250 g/mol. The lowest BCUT2D eigenvalue weighted by molar-refractivity contribution is -0.120. The highest BCUT2D eigenvalue weighted by Crippen LogP contribution is 2.19. The van der Waals surface area contributed by atoms with Gasteiger partial charge in [-0.15, -0.1) is 0 Å². The second-order valence-corrected chi connectivity index (χ2v) is 5.14. The van der Waals surface area contributed by atoms with Gasteiger partial charge < -0.3 is 15.8 Å². The number of carbonyl (C=O) groups is 1. The minimum atomic E-state index is -0.443. The van der Waals surface area contributed by atoms with Gasteiger partial charge in [0, 0.05) is 19.2 Å². The summed E-state index contributed by atoms with van der Waals surface area (Å²) in [6.45, 7) is 5.87. The maximum Gasteiger partial charge on any atom is 0.240 e. The average molecular weight is 250 g/mol. The fourth-order valence-electron chi connectivity index (χ4n) is 1.73. The zero-order valence-electron chi connectivity index (χ0n) is 11.5. The van der Waals surface area contributed by atoms with Crippen LogP contribution in [0.25, 0.3) is 0 Å². The van der Waals surface area contributed by atoms with E-state index in [2.05, 4.69) is 5.32 Å². The van der Waals surface area contributed by atoms with Crippen LogP contribution in [-0.2, 0) is 9.53 Å². The zero-order chi connectivity index (χ0) is 13.8. The number of benzene rings is 1. The van der Waals surface area contributed by atoms with Gasteiger partial charge in [-0.3, -0.25) is 4.79 Å². The number of aryl methyl sites for hydroxylation is 1. The van der Waals surface area contributed by atoms with Gasteiger partial charge in [0.1, 0.15) is 6.04 Å². The topological polar surface area (TPSA) is 64.3 Å². The Morgan fingerprint density at radius 1 is 1.50 bits per heavy atom. The van der Waals surface area contributed by atoms with Gasteiger partial charge in [-0.25, -0.2) is 0 Å². The van der Waals surface area contributed by atoms with Crippen molar-refractivity contribution in [1.82, 2.24) is 0 Å². The molecule has 18 heavy (non-hydrogen) atoms. The molecule has 1 unspecified atom stereocenters. The highest BCUT2D eigenvalue weighted by atomic mass is 16.5. The third kappa shape index (κ3) is 4.37. The number of rotatable bonds is 6. The van der Waals surface area contributed by atoms with E-state index in [4.69, 9.17) is 10.5 Å². The minimum absolute atomic E-state index is 0.373. The summed E-state index contributed by atoms with van der Waals surface area (Å²) in [4.78, 5) is 11.5. The van der Waals surface area contributed by atoms with Crippen molar-refractivity contribution < 1.29 is 9.53 Å². The summed E-state index contributed by atoms with van der Waals surface area (Å²) in [5, 5.41) is 3.16. The second-order valence-electron chi connectivity index (χ2n) is 5.14. The van der Waals surface area contributed by atoms with Crippen molar-refractivity contribution >= 4 is 11.6 Å². The highest BCUT2D eigenvalue weighted by molar-refractivity contribution is 5.83. The van der Waals surface area contributed by atoms with Crippen molar-refractivity contribution in [3.8, 4) is 0 Å². The van der Waals surface area contributed by atoms with Crippen LogP contribution >= 0.6 is 0 Å². The van der Waals surface area contributed by atoms with E-state index in [1.54, 1.807) is 7.11 Å². The second kappa shape index (κ2) is 5.87. The number of hydrogen-bond donors (Lipinski definition) is 2. The van der Waals surface area contributed by atoms with Crippen LogP contribution in [0, 0.1) is 6.92 Å². The predicted octanol–water partition coefficient (Wildman–Crippen LogP) is 2.08. The summed E-state index contributed by atoms with van der Waals surface area (Å²) < 4.78 is 5.33. The van der Waals surface area contributed by atoms with Crippen LogP contribution in [0.2, 0.25) is 0 Å². The predicted molar refractivity (Wildman–Crippen MR) is 73.5 cm³/mol. The summed E-state index contributed by atoms with van der Waals surface area (Å²) >= 11 is 0. The average Bonchev–Trinajstić information content (AvgIpc) is 2.28. The van der Waals surface area contributed by atoms with Gasteiger partial charge in [0.25, 0.3) is 0 Å². The normalized spacial score (nSPS) is 13.1. The molecule has 0 aliphatic heterocycles. The lowest BCUT2D eigenvalue weighted by Gasteiger charge is -2.28. The van der Waals surface area contributed by atoms with E-state index >= 15 is 0 Å². The number of anilines is 1. The van der Waals surface area contributed by atoms with E-state index < -0.39 is 11.6 Å². The molecule has 0 fully saturated rings. The largest absolute Gasteiger partial charge is 0.379 e. The van der Waals surface area contributed by atoms with Gasteiger partial charge in [0.2, 0.25) is 5.91 Å². The molecule has 0 aliphatic carbocycles. The number of hydrogen-bond acceptors (Lipinski definition) is 3. The van der Waals surface area contributed by atoms with Crippen LogP contribution in [0.1, 0.15) is 25.8 Å². The molecule has 4 nitrogen and oxygen atoms in total. The first-order valence-electron chi connectivity index (χ1n) is 6.02. The Kier molecular flexibility index (Phi) is 4.73. The molecule has 0 aromatic heterocycles. The molecule has 3 N–H and O–H groups in total. The summed E-state index contributed by atoms with van der Waals surface area (Å²) in [7, 11) is 1.63. The number of carbonyl (C=O) groups excluding carboxylic acids is 1. The third-order valence-corrected chi connectivity index (χ3v) is 2.95. The van der Waals surface area contributed by atoms with Gasteiger partial charge >= 0.3 is 0 Å². The molecule has 0 heterocycles. The Morgan fingerprint density at radius 3 is 2.67 bits per heavy atom. The Hall–Kier alpha value is -1.55. The van der Waals surface area contributed by atoms with E-state index in [0.29, 0.717) is 6.42 Å². The smallest absolute Gasteiger partial charge is 0.240 e. The zero-order valence-corrected chi connectivity index (χ0v) is 11.5. The molecule has 0 radical (unpaired) electrons. The highest BCUT2D eigenvalue weighted by Gasteiger charge is 2.26. The Morgan fingerprint density at radius 2 is 2.17 bits per heavy atom. The van der Waals surface area contributed by atoms with E-state index in [0.717, 1.165) is 11.3 Å². The van der Waals surface area contributed by atoms with Crippen molar-refractivity contribution in [2.75, 3.05) is 12.4 Å². The molecule has 1 rings (SSSR count). The molecule has 1 aromatic rings. The van der Waals surface area contributed by atoms with Crippen LogP contribution in [0.4, 0.5) is 5.69 Å². The fraction of sp³-hybridized carbons (Fsp3) is 0.500. The molecule has 0 saturated carbocycles. The number of primary amides is 1. The molecule has 0 aliphatic rings. The molecule has 4 heteroatoms. The Labute approximate surface area is 109 Å². The Balaban J connectivity index is 2.78. The van der Waals surface area contributed by atoms with E-state index in [-0.39, 0.29) is 5.91 Å². The molecule has 1 aromatic carbocycles. The van der Waals surface area contributed by atoms with Crippen molar-refractivity contribution in [3.05, 3.63) is 29.8 Å². The number of nitrogens with two attached hydrogens (primary N) is 1. The van der Waals surface area contributed by atoms with Crippen LogP contribution in [-0.4, -0.2) is 24.7 Å². The standard InChI is InChI=1S/C14H22N2O2/c1-10-6-5-7-11(8-10)16-12(13(15)17)9-14(2,3)18-4/h5-8,12,16H,9H2,1-4H3,(H2,15,17). The van der Waals surface area contributed by atoms with Crippen molar-refractivity contribution in [1.29, 1.82) is 0 Å². The van der Waals surface area contributed by atoms with Crippen LogP contribution in [0.3, 0.4) is 0 Å². The first-order chi connectivity index (χ1) is 8.34. The lowest BCUT2D eigenvalue weighted by atomic mass is 9.98. The molecular weight excluding hydrogens is 228 g/mol. The first kappa shape index (κ1) is 14.5. The van der Waals surface area contributed by atoms with E-state index in [1.165, 1.54) is 0 Å². The van der Waals surface area contributed by atoms with Gasteiger partial charge in [-0.1, -0.05) is 12.1 Å². The molecule has 100 valence electrons. The number of amides is 1. The fourth-order valence-corrected chi connectivity index (χ4v) is 1.73. The molecule has 0 bridgehead atoms. The third-order valence-electron chi connectivity index (χ3n) is 2.95. The van der Waals surface area contributed by atoms with Gasteiger partial charge in [-0.05, 0) is 38.5 Å². The lowest BCUT2D eigenvalue weighted by Crippen LogP contribution is -2.41. The maximum absolute atomic E-state index is 11.5. The molecule has 1 amide bonds. The van der Waals surface area contributed by atoms with Gasteiger partial charge in [0.05, 0.1) is 5.60 Å². The van der Waals surface area contributed by atoms with Gasteiger partial charge in [-0.2, -0.15) is 0 Å². The van der Waals surface area contributed by atoms with E-state index in [1.807, 2.05) is 45.0 Å². The van der Waals surface area contributed by atoms with Crippen molar-refractivity contribution in [2.24, 2.45) is 5.73 Å². The quantitative estimate of drug-likeness (QED) is 0.812.